The zero-order valence-corrected chi connectivity index (χ0v) is 18.4. The van der Waals surface area contributed by atoms with Gasteiger partial charge in [0.05, 0.1) is 13.2 Å². The number of hydrogen-bond donors (Lipinski definition) is 2. The molecule has 1 aliphatic heterocycles. The smallest absolute Gasteiger partial charge is 0.255 e. The molecular formula is C26H25N5O2. The molecule has 0 bridgehead atoms. The van der Waals surface area contributed by atoms with Crippen LogP contribution in [0.25, 0.3) is 10.8 Å². The molecule has 3 aromatic carbocycles. The Balaban J connectivity index is 1.26. The second kappa shape index (κ2) is 9.26. The Hall–Kier alpha value is -3.97. The number of fused-ring (bicyclic) bond motifs is 1. The van der Waals surface area contributed by atoms with E-state index in [1.54, 1.807) is 0 Å². The quantitative estimate of drug-likeness (QED) is 0.466. The van der Waals surface area contributed by atoms with Gasteiger partial charge >= 0.3 is 0 Å². The molecule has 0 radical (unpaired) electrons. The highest BCUT2D eigenvalue weighted by Crippen LogP contribution is 2.23. The number of carbonyl (C=O) groups is 1. The van der Waals surface area contributed by atoms with E-state index in [-0.39, 0.29) is 5.91 Å². The number of ether oxygens (including phenoxy) is 1. The van der Waals surface area contributed by atoms with Crippen molar-refractivity contribution >= 4 is 39.7 Å². The largest absolute Gasteiger partial charge is 0.378 e. The number of carbonyl (C=O) groups excluding carboxylic acids is 1. The van der Waals surface area contributed by atoms with E-state index in [1.165, 1.54) is 0 Å². The molecule has 4 aromatic rings. The Morgan fingerprint density at radius 1 is 0.879 bits per heavy atom. The molecule has 5 rings (SSSR count). The van der Waals surface area contributed by atoms with E-state index in [0.29, 0.717) is 24.6 Å². The van der Waals surface area contributed by atoms with Crippen molar-refractivity contribution in [2.75, 3.05) is 41.8 Å². The van der Waals surface area contributed by atoms with Gasteiger partial charge in [0.2, 0.25) is 0 Å². The second-order valence-electron chi connectivity index (χ2n) is 7.98. The van der Waals surface area contributed by atoms with Crippen molar-refractivity contribution in [3.8, 4) is 0 Å². The molecule has 0 spiro atoms. The van der Waals surface area contributed by atoms with Crippen molar-refractivity contribution in [1.29, 1.82) is 0 Å². The summed E-state index contributed by atoms with van der Waals surface area (Å²) in [4.78, 5) is 24.0. The first-order valence-corrected chi connectivity index (χ1v) is 11.0. The fourth-order valence-electron chi connectivity index (χ4n) is 3.89. The average molecular weight is 440 g/mol. The van der Waals surface area contributed by atoms with Crippen LogP contribution in [0.3, 0.4) is 0 Å². The Kier molecular flexibility index (Phi) is 5.87. The highest BCUT2D eigenvalue weighted by Gasteiger charge is 2.14. The van der Waals surface area contributed by atoms with Crippen LogP contribution < -0.4 is 15.5 Å². The lowest BCUT2D eigenvalue weighted by atomic mass is 10.1. The molecule has 0 atom stereocenters. The van der Waals surface area contributed by atoms with Crippen molar-refractivity contribution in [2.24, 2.45) is 0 Å². The predicted molar refractivity (Wildman–Crippen MR) is 131 cm³/mol. The van der Waals surface area contributed by atoms with Crippen molar-refractivity contribution in [3.05, 3.63) is 84.2 Å². The van der Waals surface area contributed by atoms with Crippen LogP contribution in [0.15, 0.2) is 72.8 Å². The van der Waals surface area contributed by atoms with Crippen molar-refractivity contribution < 1.29 is 9.53 Å². The van der Waals surface area contributed by atoms with Crippen LogP contribution in [0.2, 0.25) is 0 Å². The summed E-state index contributed by atoms with van der Waals surface area (Å²) in [5.41, 5.74) is 2.24. The molecule has 7 nitrogen and oxygen atoms in total. The molecule has 2 N–H and O–H groups in total. The Morgan fingerprint density at radius 2 is 1.61 bits per heavy atom. The molecule has 0 unspecified atom stereocenters. The number of benzene rings is 3. The van der Waals surface area contributed by atoms with Crippen molar-refractivity contribution in [3.63, 3.8) is 0 Å². The molecule has 1 aromatic heterocycles. The van der Waals surface area contributed by atoms with Crippen molar-refractivity contribution in [1.82, 2.24) is 9.97 Å². The number of aromatic nitrogens is 2. The fraction of sp³-hybridized carbons (Fsp3) is 0.192. The van der Waals surface area contributed by atoms with Gasteiger partial charge in [-0.2, -0.15) is 0 Å². The predicted octanol–water partition coefficient (Wildman–Crippen LogP) is 4.77. The van der Waals surface area contributed by atoms with Crippen LogP contribution in [-0.2, 0) is 4.74 Å². The first-order chi connectivity index (χ1) is 16.1. The van der Waals surface area contributed by atoms with E-state index in [0.717, 1.165) is 46.9 Å². The number of amides is 1. The molecule has 7 heteroatoms. The van der Waals surface area contributed by atoms with Gasteiger partial charge in [0.25, 0.3) is 5.91 Å². The number of morpholine rings is 1. The first-order valence-electron chi connectivity index (χ1n) is 11.0. The zero-order valence-electron chi connectivity index (χ0n) is 18.4. The molecule has 1 saturated heterocycles. The molecule has 0 saturated carbocycles. The van der Waals surface area contributed by atoms with Gasteiger partial charge in [0.1, 0.15) is 17.5 Å². The van der Waals surface area contributed by atoms with Gasteiger partial charge in [0, 0.05) is 36.1 Å². The van der Waals surface area contributed by atoms with Crippen LogP contribution in [0.5, 0.6) is 0 Å². The van der Waals surface area contributed by atoms with Gasteiger partial charge in [-0.15, -0.1) is 0 Å². The topological polar surface area (TPSA) is 79.4 Å². The summed E-state index contributed by atoms with van der Waals surface area (Å²) < 4.78 is 5.43. The Labute approximate surface area is 192 Å². The summed E-state index contributed by atoms with van der Waals surface area (Å²) in [5, 5.41) is 8.45. The van der Waals surface area contributed by atoms with Crippen LogP contribution in [0.4, 0.5) is 23.0 Å². The van der Waals surface area contributed by atoms with Gasteiger partial charge in [-0.3, -0.25) is 4.79 Å². The summed E-state index contributed by atoms with van der Waals surface area (Å²) in [5.74, 6) is 2.20. The lowest BCUT2D eigenvalue weighted by molar-refractivity contribution is 0.102. The zero-order chi connectivity index (χ0) is 22.6. The second-order valence-corrected chi connectivity index (χ2v) is 7.98. The minimum Gasteiger partial charge on any atom is -0.378 e. The average Bonchev–Trinajstić information content (AvgIpc) is 2.85. The standard InChI is InChI=1S/C26H25N5O2/c1-18-27-24(17-25(28-18)31-12-14-33-15-13-31)29-22-8-10-23(11-9-22)30-26(32)21-7-6-19-4-2-3-5-20(19)16-21/h2-11,16-17H,12-15H2,1H3,(H,30,32)(H,27,28,29). The maximum atomic E-state index is 12.7. The fourth-order valence-corrected chi connectivity index (χ4v) is 3.89. The third-order valence-corrected chi connectivity index (χ3v) is 5.59. The molecular weight excluding hydrogens is 414 g/mol. The number of anilines is 4. The summed E-state index contributed by atoms with van der Waals surface area (Å²) in [7, 11) is 0. The lowest BCUT2D eigenvalue weighted by Crippen LogP contribution is -2.36. The summed E-state index contributed by atoms with van der Waals surface area (Å²) in [6.07, 6.45) is 0. The van der Waals surface area contributed by atoms with E-state index in [2.05, 4.69) is 25.5 Å². The molecule has 0 aliphatic carbocycles. The van der Waals surface area contributed by atoms with Crippen LogP contribution in [0.1, 0.15) is 16.2 Å². The van der Waals surface area contributed by atoms with Crippen molar-refractivity contribution in [2.45, 2.75) is 6.92 Å². The normalized spacial score (nSPS) is 13.7. The Bertz CT molecular complexity index is 1280. The number of aryl methyl sites for hydroxylation is 1. The van der Waals surface area contributed by atoms with E-state index in [9.17, 15) is 4.79 Å². The first kappa shape index (κ1) is 20.9. The number of hydrogen-bond acceptors (Lipinski definition) is 6. The number of nitrogens with one attached hydrogen (secondary N) is 2. The summed E-state index contributed by atoms with van der Waals surface area (Å²) in [6, 6.07) is 23.3. The molecule has 1 amide bonds. The van der Waals surface area contributed by atoms with E-state index < -0.39 is 0 Å². The van der Waals surface area contributed by atoms with Crippen LogP contribution in [0, 0.1) is 6.92 Å². The SMILES string of the molecule is Cc1nc(Nc2ccc(NC(=O)c3ccc4ccccc4c3)cc2)cc(N2CCOCC2)n1. The molecule has 33 heavy (non-hydrogen) atoms. The third-order valence-electron chi connectivity index (χ3n) is 5.59. The van der Waals surface area contributed by atoms with Gasteiger partial charge in [-0.25, -0.2) is 9.97 Å². The highest BCUT2D eigenvalue weighted by atomic mass is 16.5. The summed E-state index contributed by atoms with van der Waals surface area (Å²) in [6.45, 7) is 4.94. The monoisotopic (exact) mass is 439 g/mol. The molecule has 2 heterocycles. The van der Waals surface area contributed by atoms with Gasteiger partial charge in [-0.1, -0.05) is 30.3 Å². The maximum absolute atomic E-state index is 12.7. The lowest BCUT2D eigenvalue weighted by Gasteiger charge is -2.28. The summed E-state index contributed by atoms with van der Waals surface area (Å²) >= 11 is 0. The van der Waals surface area contributed by atoms with E-state index in [4.69, 9.17) is 4.74 Å². The molecule has 1 aliphatic rings. The van der Waals surface area contributed by atoms with Gasteiger partial charge in [0.15, 0.2) is 0 Å². The number of rotatable bonds is 5. The minimum absolute atomic E-state index is 0.136. The van der Waals surface area contributed by atoms with Gasteiger partial charge in [-0.05, 0) is 54.1 Å². The van der Waals surface area contributed by atoms with Gasteiger partial charge < -0.3 is 20.3 Å². The van der Waals surface area contributed by atoms with Crippen LogP contribution >= 0.6 is 0 Å². The minimum atomic E-state index is -0.136. The number of nitrogens with zero attached hydrogens (tertiary/aromatic N) is 3. The Morgan fingerprint density at radius 3 is 2.39 bits per heavy atom. The third kappa shape index (κ3) is 4.94. The molecule has 1 fully saturated rings. The highest BCUT2D eigenvalue weighted by molar-refractivity contribution is 6.06. The van der Waals surface area contributed by atoms with E-state index >= 15 is 0 Å². The maximum Gasteiger partial charge on any atom is 0.255 e. The molecule has 166 valence electrons. The van der Waals surface area contributed by atoms with Crippen LogP contribution in [-0.4, -0.2) is 42.2 Å². The van der Waals surface area contributed by atoms with E-state index in [1.807, 2.05) is 79.7 Å².